The topological polar surface area (TPSA) is 9.23 Å². The fraction of sp³-hybridized carbons (Fsp3) is 0.385. The third-order valence-electron chi connectivity index (χ3n) is 2.04. The Morgan fingerprint density at radius 3 is 2.61 bits per heavy atom. The number of ether oxygens (including phenoxy) is 1. The predicted molar refractivity (Wildman–Crippen MR) is 64.9 cm³/mol. The maximum absolute atomic E-state index is 12.0. The van der Waals surface area contributed by atoms with Gasteiger partial charge in [-0.1, -0.05) is 11.8 Å². The van der Waals surface area contributed by atoms with Crippen LogP contribution in [0.15, 0.2) is 18.2 Å². The second-order valence-corrected chi connectivity index (χ2v) is 4.00. The molecule has 0 amide bonds. The maximum Gasteiger partial charge on any atom is 0.422 e. The molecular weight excluding hydrogens is 265 g/mol. The summed E-state index contributed by atoms with van der Waals surface area (Å²) in [7, 11) is 0. The van der Waals surface area contributed by atoms with Gasteiger partial charge in [-0.05, 0) is 30.7 Å². The molecular formula is C13H12ClF3O. The summed E-state index contributed by atoms with van der Waals surface area (Å²) in [5.41, 5.74) is 1.54. The molecule has 0 saturated heterocycles. The predicted octanol–water partition coefficient (Wildman–Crippen LogP) is 3.92. The maximum atomic E-state index is 12.0. The first kappa shape index (κ1) is 14.7. The first-order valence-corrected chi connectivity index (χ1v) is 5.81. The van der Waals surface area contributed by atoms with E-state index < -0.39 is 12.8 Å². The Bertz CT molecular complexity index is 458. The van der Waals surface area contributed by atoms with Crippen molar-refractivity contribution in [3.63, 3.8) is 0 Å². The van der Waals surface area contributed by atoms with Crippen LogP contribution in [0.1, 0.15) is 17.5 Å². The molecule has 0 N–H and O–H groups in total. The van der Waals surface area contributed by atoms with Crippen molar-refractivity contribution in [3.05, 3.63) is 29.3 Å². The molecule has 0 aliphatic heterocycles. The molecule has 0 radical (unpaired) electrons. The molecule has 0 aliphatic rings. The number of benzene rings is 1. The highest BCUT2D eigenvalue weighted by atomic mass is 35.5. The van der Waals surface area contributed by atoms with Gasteiger partial charge in [-0.15, -0.1) is 11.6 Å². The zero-order valence-electron chi connectivity index (χ0n) is 9.77. The summed E-state index contributed by atoms with van der Waals surface area (Å²) >= 11 is 5.49. The first-order valence-electron chi connectivity index (χ1n) is 5.27. The molecule has 0 saturated carbocycles. The van der Waals surface area contributed by atoms with Crippen molar-refractivity contribution in [2.75, 3.05) is 12.5 Å². The Balaban J connectivity index is 2.71. The minimum atomic E-state index is -4.33. The number of hydrogen-bond acceptors (Lipinski definition) is 1. The average Bonchev–Trinajstić information content (AvgIpc) is 2.28. The molecule has 5 heteroatoms. The van der Waals surface area contributed by atoms with Crippen LogP contribution in [-0.2, 0) is 0 Å². The highest BCUT2D eigenvalue weighted by Crippen LogP contribution is 2.20. The van der Waals surface area contributed by atoms with Gasteiger partial charge in [-0.2, -0.15) is 13.2 Å². The largest absolute Gasteiger partial charge is 0.484 e. The van der Waals surface area contributed by atoms with E-state index in [0.717, 1.165) is 11.1 Å². The van der Waals surface area contributed by atoms with E-state index >= 15 is 0 Å². The van der Waals surface area contributed by atoms with Crippen LogP contribution in [0.3, 0.4) is 0 Å². The van der Waals surface area contributed by atoms with Gasteiger partial charge in [0.15, 0.2) is 6.61 Å². The van der Waals surface area contributed by atoms with Crippen molar-refractivity contribution in [1.82, 2.24) is 0 Å². The number of aryl methyl sites for hydroxylation is 1. The third kappa shape index (κ3) is 5.33. The van der Waals surface area contributed by atoms with Gasteiger partial charge in [-0.25, -0.2) is 0 Å². The van der Waals surface area contributed by atoms with Gasteiger partial charge in [0.05, 0.1) is 0 Å². The fourth-order valence-corrected chi connectivity index (χ4v) is 1.33. The Morgan fingerprint density at radius 2 is 2.06 bits per heavy atom. The molecule has 0 aromatic heterocycles. The summed E-state index contributed by atoms with van der Waals surface area (Å²) in [6.45, 7) is 0.481. The van der Waals surface area contributed by atoms with Crippen LogP contribution < -0.4 is 4.74 Å². The van der Waals surface area contributed by atoms with Crippen LogP contribution in [0.4, 0.5) is 13.2 Å². The van der Waals surface area contributed by atoms with Crippen LogP contribution in [0.5, 0.6) is 5.75 Å². The lowest BCUT2D eigenvalue weighted by atomic mass is 10.1. The Kier molecular flexibility index (Phi) is 5.36. The highest BCUT2D eigenvalue weighted by Gasteiger charge is 2.28. The molecule has 1 aromatic rings. The minimum Gasteiger partial charge on any atom is -0.484 e. The van der Waals surface area contributed by atoms with Crippen LogP contribution >= 0.6 is 11.6 Å². The van der Waals surface area contributed by atoms with Crippen molar-refractivity contribution in [2.45, 2.75) is 19.5 Å². The monoisotopic (exact) mass is 276 g/mol. The zero-order chi connectivity index (χ0) is 13.6. The van der Waals surface area contributed by atoms with Crippen LogP contribution in [-0.4, -0.2) is 18.7 Å². The van der Waals surface area contributed by atoms with Gasteiger partial charge in [-0.3, -0.25) is 0 Å². The molecule has 0 fully saturated rings. The summed E-state index contributed by atoms with van der Waals surface area (Å²) in [5.74, 6) is 6.41. The summed E-state index contributed by atoms with van der Waals surface area (Å²) in [4.78, 5) is 0. The molecule has 1 aromatic carbocycles. The van der Waals surface area contributed by atoms with Crippen LogP contribution in [0, 0.1) is 18.8 Å². The number of halogens is 4. The van der Waals surface area contributed by atoms with Crippen molar-refractivity contribution in [2.24, 2.45) is 0 Å². The highest BCUT2D eigenvalue weighted by molar-refractivity contribution is 6.18. The smallest absolute Gasteiger partial charge is 0.422 e. The van der Waals surface area contributed by atoms with E-state index in [-0.39, 0.29) is 5.75 Å². The van der Waals surface area contributed by atoms with E-state index in [1.165, 1.54) is 12.1 Å². The summed E-state index contributed by atoms with van der Waals surface area (Å²) in [6.07, 6.45) is -3.75. The van der Waals surface area contributed by atoms with E-state index in [0.29, 0.717) is 12.3 Å². The van der Waals surface area contributed by atoms with Crippen LogP contribution in [0.2, 0.25) is 0 Å². The second kappa shape index (κ2) is 6.55. The lowest BCUT2D eigenvalue weighted by molar-refractivity contribution is -0.153. The van der Waals surface area contributed by atoms with Gasteiger partial charge < -0.3 is 4.74 Å². The van der Waals surface area contributed by atoms with E-state index in [1.54, 1.807) is 13.0 Å². The second-order valence-electron chi connectivity index (χ2n) is 3.62. The van der Waals surface area contributed by atoms with Crippen molar-refractivity contribution < 1.29 is 17.9 Å². The standard InChI is InChI=1S/C13H12ClF3O/c1-10-8-12(18-9-13(15,16)17)6-5-11(10)4-2-3-7-14/h5-6,8H,3,7,9H2,1H3. The Hall–Kier alpha value is -1.34. The Labute approximate surface area is 109 Å². The lowest BCUT2D eigenvalue weighted by Gasteiger charge is -2.10. The van der Waals surface area contributed by atoms with Gasteiger partial charge in [0.1, 0.15) is 5.75 Å². The van der Waals surface area contributed by atoms with Crippen molar-refractivity contribution in [1.29, 1.82) is 0 Å². The molecule has 0 spiro atoms. The molecule has 0 heterocycles. The average molecular weight is 277 g/mol. The molecule has 0 unspecified atom stereocenters. The summed E-state index contributed by atoms with van der Waals surface area (Å²) in [6, 6.07) is 4.65. The van der Waals surface area contributed by atoms with Gasteiger partial charge >= 0.3 is 6.18 Å². The first-order chi connectivity index (χ1) is 8.42. The molecule has 0 aliphatic carbocycles. The number of hydrogen-bond donors (Lipinski definition) is 0. The van der Waals surface area contributed by atoms with E-state index in [2.05, 4.69) is 16.6 Å². The summed E-state index contributed by atoms with van der Waals surface area (Å²) < 4.78 is 40.5. The molecule has 98 valence electrons. The molecule has 0 bridgehead atoms. The van der Waals surface area contributed by atoms with Crippen molar-refractivity contribution in [3.8, 4) is 17.6 Å². The van der Waals surface area contributed by atoms with E-state index in [4.69, 9.17) is 11.6 Å². The van der Waals surface area contributed by atoms with Gasteiger partial charge in [0, 0.05) is 17.9 Å². The van der Waals surface area contributed by atoms with Gasteiger partial charge in [0.2, 0.25) is 0 Å². The number of rotatable bonds is 3. The zero-order valence-corrected chi connectivity index (χ0v) is 10.5. The van der Waals surface area contributed by atoms with Crippen molar-refractivity contribution >= 4 is 11.6 Å². The van der Waals surface area contributed by atoms with Crippen LogP contribution in [0.25, 0.3) is 0 Å². The number of alkyl halides is 4. The fourth-order valence-electron chi connectivity index (χ4n) is 1.24. The molecule has 1 rings (SSSR count). The third-order valence-corrected chi connectivity index (χ3v) is 2.23. The molecule has 1 nitrogen and oxygen atoms in total. The molecule has 18 heavy (non-hydrogen) atoms. The van der Waals surface area contributed by atoms with E-state index in [9.17, 15) is 13.2 Å². The minimum absolute atomic E-state index is 0.188. The quantitative estimate of drug-likeness (QED) is 0.601. The van der Waals surface area contributed by atoms with E-state index in [1.807, 2.05) is 0 Å². The SMILES string of the molecule is Cc1cc(OCC(F)(F)F)ccc1C#CCCCl. The summed E-state index contributed by atoms with van der Waals surface area (Å²) in [5, 5.41) is 0. The normalized spacial score (nSPS) is 10.7. The lowest BCUT2D eigenvalue weighted by Crippen LogP contribution is -2.19. The Morgan fingerprint density at radius 1 is 1.33 bits per heavy atom. The molecule has 0 atom stereocenters. The van der Waals surface area contributed by atoms with Gasteiger partial charge in [0.25, 0.3) is 0 Å².